The molecule has 160 valence electrons. The van der Waals surface area contributed by atoms with Crippen molar-refractivity contribution < 1.29 is 32.3 Å². The Hall–Kier alpha value is -1.53. The summed E-state index contributed by atoms with van der Waals surface area (Å²) in [5, 5.41) is 5.54. The molecule has 1 heterocycles. The topological polar surface area (TPSA) is 136 Å². The number of benzene rings is 2. The molecule has 13 heteroatoms. The van der Waals surface area contributed by atoms with Crippen LogP contribution in [0.5, 0.6) is 5.75 Å². The second kappa shape index (κ2) is 8.91. The van der Waals surface area contributed by atoms with Gasteiger partial charge in [0.1, 0.15) is 23.3 Å². The minimum atomic E-state index is -3.88. The maximum atomic E-state index is 14.3. The van der Waals surface area contributed by atoms with Crippen molar-refractivity contribution in [3.05, 3.63) is 56.9 Å². The summed E-state index contributed by atoms with van der Waals surface area (Å²) >= 11 is 3.67. The van der Waals surface area contributed by atoms with Crippen molar-refractivity contribution in [2.75, 3.05) is 0 Å². The van der Waals surface area contributed by atoms with Crippen molar-refractivity contribution in [2.45, 2.75) is 17.2 Å². The van der Waals surface area contributed by atoms with Gasteiger partial charge in [-0.2, -0.15) is 8.78 Å². The molecule has 0 aliphatic rings. The number of carbonyl (C=O) groups excluding carboxylic acids is 1. The summed E-state index contributed by atoms with van der Waals surface area (Å²) in [6, 6.07) is 9.07. The van der Waals surface area contributed by atoms with E-state index in [2.05, 4.69) is 15.9 Å². The van der Waals surface area contributed by atoms with Crippen LogP contribution in [0, 0.1) is 0 Å². The Balaban J connectivity index is 2.04. The van der Waals surface area contributed by atoms with Crippen LogP contribution in [0.3, 0.4) is 0 Å². The SMILES string of the molecule is NC(=O)c1cc(OCc2ccc(S(N)=O)cc2)c2sc(C(F)(F)P(O)O)c(Br)c2c1. The first-order valence-electron chi connectivity index (χ1n) is 8.02. The number of carbonyl (C=O) groups is 1. The van der Waals surface area contributed by atoms with Crippen LogP contribution >= 0.6 is 35.6 Å². The standard InChI is InChI=1S/C17H14BrF2N2O5PS2/c18-13-11-5-9(16(21)23)6-12(14(11)29-15(13)17(19,20)28(24)25)27-7-8-1-3-10(4-2-8)30(22)26/h1-6,24-25H,7,22H2,(H2,21,23). The minimum absolute atomic E-state index is 0.0166. The molecule has 6 N–H and O–H groups in total. The molecule has 1 unspecified atom stereocenters. The molecule has 30 heavy (non-hydrogen) atoms. The average molecular weight is 539 g/mol. The number of ether oxygens (including phenoxy) is 1. The van der Waals surface area contributed by atoms with E-state index in [0.717, 1.165) is 0 Å². The van der Waals surface area contributed by atoms with Gasteiger partial charge in [0.15, 0.2) is 0 Å². The van der Waals surface area contributed by atoms with Crippen LogP contribution in [0.25, 0.3) is 10.1 Å². The zero-order chi connectivity index (χ0) is 22.2. The molecule has 3 aromatic rings. The lowest BCUT2D eigenvalue weighted by molar-refractivity contribution is 0.0766. The highest BCUT2D eigenvalue weighted by Crippen LogP contribution is 2.58. The van der Waals surface area contributed by atoms with Gasteiger partial charge in [-0.15, -0.1) is 11.3 Å². The number of alkyl halides is 2. The summed E-state index contributed by atoms with van der Waals surface area (Å²) in [6.07, 6.45) is 0. The third-order valence-electron chi connectivity index (χ3n) is 4.05. The lowest BCUT2D eigenvalue weighted by atomic mass is 10.1. The molecule has 0 bridgehead atoms. The summed E-state index contributed by atoms with van der Waals surface area (Å²) < 4.78 is 45.7. The predicted octanol–water partition coefficient (Wildman–Crippen LogP) is 3.67. The van der Waals surface area contributed by atoms with Gasteiger partial charge in [0.2, 0.25) is 14.3 Å². The molecular formula is C17H14BrF2N2O5PS2. The maximum absolute atomic E-state index is 14.3. The minimum Gasteiger partial charge on any atom is -0.487 e. The van der Waals surface area contributed by atoms with E-state index in [1.165, 1.54) is 12.1 Å². The van der Waals surface area contributed by atoms with E-state index in [9.17, 15) is 17.8 Å². The Kier molecular flexibility index (Phi) is 6.87. The molecule has 7 nitrogen and oxygen atoms in total. The number of halogens is 3. The monoisotopic (exact) mass is 538 g/mol. The quantitative estimate of drug-likeness (QED) is 0.340. The molecule has 1 amide bonds. The third-order valence-corrected chi connectivity index (χ3v) is 8.04. The maximum Gasteiger partial charge on any atom is 0.349 e. The van der Waals surface area contributed by atoms with E-state index in [4.69, 9.17) is 25.4 Å². The summed E-state index contributed by atoms with van der Waals surface area (Å²) in [5.74, 6) is -0.657. The fraction of sp³-hybridized carbons (Fsp3) is 0.118. The number of fused-ring (bicyclic) bond motifs is 1. The highest BCUT2D eigenvalue weighted by Gasteiger charge is 2.45. The molecular weight excluding hydrogens is 525 g/mol. The predicted molar refractivity (Wildman–Crippen MR) is 115 cm³/mol. The van der Waals surface area contributed by atoms with Crippen molar-refractivity contribution in [2.24, 2.45) is 10.9 Å². The molecule has 0 fully saturated rings. The van der Waals surface area contributed by atoms with Crippen LogP contribution in [0.15, 0.2) is 45.8 Å². The largest absolute Gasteiger partial charge is 0.487 e. The van der Waals surface area contributed by atoms with Crippen LogP contribution in [0.4, 0.5) is 8.78 Å². The van der Waals surface area contributed by atoms with Crippen LogP contribution in [0.2, 0.25) is 0 Å². The summed E-state index contributed by atoms with van der Waals surface area (Å²) in [6.45, 7) is 0.0166. The highest BCUT2D eigenvalue weighted by molar-refractivity contribution is 9.10. The Labute approximate surface area is 185 Å². The van der Waals surface area contributed by atoms with Gasteiger partial charge >= 0.3 is 5.66 Å². The first kappa shape index (κ1) is 23.1. The van der Waals surface area contributed by atoms with E-state index in [0.29, 0.717) is 21.8 Å². The van der Waals surface area contributed by atoms with Crippen LogP contribution < -0.4 is 15.6 Å². The zero-order valence-electron chi connectivity index (χ0n) is 14.8. The molecule has 2 aromatic carbocycles. The van der Waals surface area contributed by atoms with Gasteiger partial charge in [-0.1, -0.05) is 12.1 Å². The summed E-state index contributed by atoms with van der Waals surface area (Å²) in [7, 11) is -5.20. The Bertz CT molecular complexity index is 1140. The van der Waals surface area contributed by atoms with Gasteiger partial charge in [0, 0.05) is 15.4 Å². The smallest absolute Gasteiger partial charge is 0.349 e. The van der Waals surface area contributed by atoms with Crippen molar-refractivity contribution in [1.29, 1.82) is 0 Å². The summed E-state index contributed by atoms with van der Waals surface area (Å²) in [5.41, 5.74) is 2.18. The molecule has 1 aromatic heterocycles. The summed E-state index contributed by atoms with van der Waals surface area (Å²) in [4.78, 5) is 29.8. The average Bonchev–Trinajstić information content (AvgIpc) is 3.03. The third kappa shape index (κ3) is 4.54. The number of nitrogens with two attached hydrogens (primary N) is 2. The number of hydrogen-bond donors (Lipinski definition) is 4. The van der Waals surface area contributed by atoms with Gasteiger partial charge in [0.25, 0.3) is 0 Å². The van der Waals surface area contributed by atoms with E-state index in [-0.39, 0.29) is 32.5 Å². The number of primary amides is 1. The van der Waals surface area contributed by atoms with Crippen molar-refractivity contribution in [3.8, 4) is 5.75 Å². The number of thiophene rings is 1. The van der Waals surface area contributed by atoms with Gasteiger partial charge in [-0.05, 0) is 45.8 Å². The number of hydrogen-bond acceptors (Lipinski definition) is 6. The lowest BCUT2D eigenvalue weighted by Crippen LogP contribution is -2.11. The van der Waals surface area contributed by atoms with Crippen LogP contribution in [0.1, 0.15) is 20.8 Å². The van der Waals surface area contributed by atoms with Crippen LogP contribution in [-0.2, 0) is 23.3 Å². The molecule has 0 saturated carbocycles. The first-order valence-corrected chi connectivity index (χ1v) is 12.1. The second-order valence-corrected chi connectivity index (χ2v) is 10.0. The van der Waals surface area contributed by atoms with Gasteiger partial charge in [0.05, 0.1) is 14.5 Å². The van der Waals surface area contributed by atoms with E-state index in [1.54, 1.807) is 24.3 Å². The van der Waals surface area contributed by atoms with Gasteiger partial charge in [-0.3, -0.25) is 4.79 Å². The Morgan fingerprint density at radius 1 is 1.27 bits per heavy atom. The molecule has 3 rings (SSSR count). The molecule has 0 radical (unpaired) electrons. The first-order chi connectivity index (χ1) is 14.0. The van der Waals surface area contributed by atoms with E-state index < -0.39 is 35.8 Å². The fourth-order valence-electron chi connectivity index (χ4n) is 2.55. The lowest BCUT2D eigenvalue weighted by Gasteiger charge is -2.15. The van der Waals surface area contributed by atoms with E-state index in [1.807, 2.05) is 0 Å². The number of amides is 1. The Morgan fingerprint density at radius 2 is 1.90 bits per heavy atom. The van der Waals surface area contributed by atoms with Gasteiger partial charge < -0.3 is 20.3 Å². The molecule has 0 saturated heterocycles. The highest BCUT2D eigenvalue weighted by atomic mass is 79.9. The van der Waals surface area contributed by atoms with Crippen molar-refractivity contribution >= 4 is 62.6 Å². The molecule has 0 spiro atoms. The Morgan fingerprint density at radius 3 is 2.43 bits per heavy atom. The van der Waals surface area contributed by atoms with Crippen LogP contribution in [-0.4, -0.2) is 19.9 Å². The van der Waals surface area contributed by atoms with Crippen molar-refractivity contribution in [3.63, 3.8) is 0 Å². The molecule has 1 atom stereocenters. The second-order valence-electron chi connectivity index (χ2n) is 6.02. The van der Waals surface area contributed by atoms with Gasteiger partial charge in [-0.25, -0.2) is 9.35 Å². The molecule has 0 aliphatic carbocycles. The fourth-order valence-corrected chi connectivity index (χ4v) is 5.74. The zero-order valence-corrected chi connectivity index (χ0v) is 19.0. The normalized spacial score (nSPS) is 13.0. The van der Waals surface area contributed by atoms with E-state index >= 15 is 0 Å². The van der Waals surface area contributed by atoms with Crippen molar-refractivity contribution in [1.82, 2.24) is 0 Å². The number of rotatable bonds is 7. The molecule has 0 aliphatic heterocycles.